The van der Waals surface area contributed by atoms with Crippen LogP contribution in [0.4, 0.5) is 0 Å². The predicted molar refractivity (Wildman–Crippen MR) is 75.8 cm³/mol. The first-order valence-electron chi connectivity index (χ1n) is 7.52. The third kappa shape index (κ3) is 4.39. The Balaban J connectivity index is 1.66. The largest absolute Gasteiger partial charge is 0.354 e. The maximum absolute atomic E-state index is 11.7. The number of ether oxygens (including phenoxy) is 4. The van der Waals surface area contributed by atoms with E-state index < -0.39 is 23.9 Å². The van der Waals surface area contributed by atoms with Crippen LogP contribution in [-0.4, -0.2) is 63.9 Å². The van der Waals surface area contributed by atoms with Crippen LogP contribution in [0.2, 0.25) is 0 Å². The maximum Gasteiger partial charge on any atom is 0.309 e. The molecule has 1 saturated carbocycles. The Bertz CT molecular complexity index is 393. The summed E-state index contributed by atoms with van der Waals surface area (Å²) < 4.78 is 21.4. The van der Waals surface area contributed by atoms with Gasteiger partial charge in [-0.25, -0.2) is 0 Å². The van der Waals surface area contributed by atoms with Gasteiger partial charge in [0.25, 0.3) is 0 Å². The van der Waals surface area contributed by atoms with Gasteiger partial charge in [0, 0.05) is 33.6 Å². The summed E-state index contributed by atoms with van der Waals surface area (Å²) in [5, 5.41) is 4.99. The van der Waals surface area contributed by atoms with Gasteiger partial charge in [0.1, 0.15) is 6.10 Å². The van der Waals surface area contributed by atoms with E-state index in [1.54, 1.807) is 0 Å². The summed E-state index contributed by atoms with van der Waals surface area (Å²) in [5.41, 5.74) is 0. The van der Waals surface area contributed by atoms with Crippen molar-refractivity contribution in [2.45, 2.75) is 43.9 Å². The molecule has 1 aliphatic heterocycles. The molecule has 2 fully saturated rings. The third-order valence-electron chi connectivity index (χ3n) is 3.93. The highest BCUT2D eigenvalue weighted by Crippen LogP contribution is 2.38. The second kappa shape index (κ2) is 7.87. The van der Waals surface area contributed by atoms with Crippen LogP contribution in [0.15, 0.2) is 0 Å². The van der Waals surface area contributed by atoms with Crippen LogP contribution in [0.1, 0.15) is 25.7 Å². The molecule has 0 radical (unpaired) electrons. The van der Waals surface area contributed by atoms with Crippen molar-refractivity contribution in [2.75, 3.05) is 33.9 Å². The van der Waals surface area contributed by atoms with Gasteiger partial charge in [-0.2, -0.15) is 0 Å². The van der Waals surface area contributed by atoms with Gasteiger partial charge in [0.15, 0.2) is 12.1 Å². The summed E-state index contributed by atoms with van der Waals surface area (Å²) in [5.74, 6) is -1.89. The minimum absolute atomic E-state index is 0.103. The van der Waals surface area contributed by atoms with E-state index >= 15 is 0 Å². The molecule has 0 aromatic rings. The molecule has 1 heterocycles. The minimum Gasteiger partial charge on any atom is -0.354 e. The van der Waals surface area contributed by atoms with Crippen molar-refractivity contribution in [2.24, 2.45) is 0 Å². The van der Waals surface area contributed by atoms with Crippen molar-refractivity contribution >= 4 is 11.8 Å². The summed E-state index contributed by atoms with van der Waals surface area (Å²) >= 11 is 0. The lowest BCUT2D eigenvalue weighted by Crippen LogP contribution is -2.45. The average molecular weight is 316 g/mol. The Kier molecular flexibility index (Phi) is 6.13. The van der Waals surface area contributed by atoms with E-state index in [9.17, 15) is 9.59 Å². The van der Waals surface area contributed by atoms with E-state index in [1.165, 1.54) is 14.2 Å². The Morgan fingerprint density at radius 1 is 1.18 bits per heavy atom. The molecule has 2 amide bonds. The highest BCUT2D eigenvalue weighted by Gasteiger charge is 2.43. The molecular weight excluding hydrogens is 292 g/mol. The maximum atomic E-state index is 11.7. The lowest BCUT2D eigenvalue weighted by atomic mass is 10.2. The average Bonchev–Trinajstić information content (AvgIpc) is 3.16. The van der Waals surface area contributed by atoms with E-state index in [2.05, 4.69) is 10.6 Å². The second-order valence-corrected chi connectivity index (χ2v) is 5.49. The zero-order valence-electron chi connectivity index (χ0n) is 13.1. The fourth-order valence-corrected chi connectivity index (χ4v) is 2.70. The van der Waals surface area contributed by atoms with Crippen LogP contribution >= 0.6 is 0 Å². The van der Waals surface area contributed by atoms with Gasteiger partial charge >= 0.3 is 11.8 Å². The highest BCUT2D eigenvalue weighted by atomic mass is 16.7. The van der Waals surface area contributed by atoms with Crippen molar-refractivity contribution < 1.29 is 28.5 Å². The SMILES string of the molecule is COC(CNC(=O)C(=O)NCC1COC2(CCCC2)O1)OC. The molecule has 1 atom stereocenters. The molecule has 2 aliphatic rings. The molecule has 8 heteroatoms. The van der Waals surface area contributed by atoms with Crippen molar-refractivity contribution in [3.63, 3.8) is 0 Å². The lowest BCUT2D eigenvalue weighted by Gasteiger charge is -2.21. The minimum atomic E-state index is -0.728. The molecule has 0 aromatic heterocycles. The Hall–Kier alpha value is -1.22. The summed E-state index contributed by atoms with van der Waals surface area (Å²) in [6.07, 6.45) is 3.20. The Morgan fingerprint density at radius 2 is 1.82 bits per heavy atom. The molecule has 2 rings (SSSR count). The molecule has 22 heavy (non-hydrogen) atoms. The summed E-state index contributed by atoms with van der Waals surface area (Å²) in [7, 11) is 2.91. The second-order valence-electron chi connectivity index (χ2n) is 5.49. The molecule has 2 N–H and O–H groups in total. The number of carbonyl (C=O) groups is 2. The van der Waals surface area contributed by atoms with Crippen molar-refractivity contribution in [3.8, 4) is 0 Å². The molecular formula is C14H24N2O6. The Labute approximate surface area is 129 Å². The lowest BCUT2D eigenvalue weighted by molar-refractivity contribution is -0.161. The summed E-state index contributed by atoms with van der Waals surface area (Å²) in [4.78, 5) is 23.3. The zero-order valence-corrected chi connectivity index (χ0v) is 13.1. The molecule has 8 nitrogen and oxygen atoms in total. The van der Waals surface area contributed by atoms with Gasteiger partial charge in [-0.05, 0) is 12.8 Å². The molecule has 1 unspecified atom stereocenters. The fraction of sp³-hybridized carbons (Fsp3) is 0.857. The van der Waals surface area contributed by atoms with Crippen LogP contribution in [0, 0.1) is 0 Å². The summed E-state index contributed by atoms with van der Waals surface area (Å²) in [6.45, 7) is 0.800. The number of carbonyl (C=O) groups excluding carboxylic acids is 2. The fourth-order valence-electron chi connectivity index (χ4n) is 2.70. The van der Waals surface area contributed by atoms with Crippen LogP contribution in [-0.2, 0) is 28.5 Å². The number of hydrogen-bond donors (Lipinski definition) is 2. The van der Waals surface area contributed by atoms with Crippen molar-refractivity contribution in [1.82, 2.24) is 10.6 Å². The Morgan fingerprint density at radius 3 is 2.45 bits per heavy atom. The van der Waals surface area contributed by atoms with Gasteiger partial charge in [0.05, 0.1) is 13.2 Å². The normalized spacial score (nSPS) is 23.1. The highest BCUT2D eigenvalue weighted by molar-refractivity contribution is 6.35. The van der Waals surface area contributed by atoms with E-state index in [0.29, 0.717) is 6.61 Å². The quantitative estimate of drug-likeness (QED) is 0.508. The number of nitrogens with one attached hydrogen (secondary N) is 2. The molecule has 1 saturated heterocycles. The number of amides is 2. The summed E-state index contributed by atoms with van der Waals surface area (Å²) in [6, 6.07) is 0. The van der Waals surface area contributed by atoms with Crippen LogP contribution < -0.4 is 10.6 Å². The first kappa shape index (κ1) is 17.1. The molecule has 1 spiro atoms. The predicted octanol–water partition coefficient (Wildman–Crippen LogP) is -0.477. The topological polar surface area (TPSA) is 95.1 Å². The van der Waals surface area contributed by atoms with E-state index in [0.717, 1.165) is 25.7 Å². The first-order valence-corrected chi connectivity index (χ1v) is 7.52. The van der Waals surface area contributed by atoms with E-state index in [-0.39, 0.29) is 19.2 Å². The van der Waals surface area contributed by atoms with Gasteiger partial charge < -0.3 is 29.6 Å². The molecule has 126 valence electrons. The smallest absolute Gasteiger partial charge is 0.309 e. The van der Waals surface area contributed by atoms with Gasteiger partial charge in [-0.3, -0.25) is 9.59 Å². The van der Waals surface area contributed by atoms with Crippen LogP contribution in [0.25, 0.3) is 0 Å². The van der Waals surface area contributed by atoms with Crippen LogP contribution in [0.3, 0.4) is 0 Å². The molecule has 0 aromatic carbocycles. The van der Waals surface area contributed by atoms with E-state index in [4.69, 9.17) is 18.9 Å². The molecule has 1 aliphatic carbocycles. The van der Waals surface area contributed by atoms with Gasteiger partial charge in [0.2, 0.25) is 0 Å². The number of rotatable bonds is 6. The van der Waals surface area contributed by atoms with Gasteiger partial charge in [-0.1, -0.05) is 0 Å². The molecule has 0 bridgehead atoms. The number of hydrogen-bond acceptors (Lipinski definition) is 6. The standard InChI is InChI=1S/C14H24N2O6/c1-19-11(20-2)8-16-13(18)12(17)15-7-10-9-21-14(22-10)5-3-4-6-14/h10-11H,3-9H2,1-2H3,(H,15,17)(H,16,18). The van der Waals surface area contributed by atoms with Crippen LogP contribution in [0.5, 0.6) is 0 Å². The van der Waals surface area contributed by atoms with Crippen molar-refractivity contribution in [3.05, 3.63) is 0 Å². The van der Waals surface area contributed by atoms with E-state index in [1.807, 2.05) is 0 Å². The monoisotopic (exact) mass is 316 g/mol. The zero-order chi connectivity index (χ0) is 16.0. The van der Waals surface area contributed by atoms with Gasteiger partial charge in [-0.15, -0.1) is 0 Å². The first-order chi connectivity index (χ1) is 10.6. The van der Waals surface area contributed by atoms with Crippen molar-refractivity contribution in [1.29, 1.82) is 0 Å². The number of methoxy groups -OCH3 is 2. The third-order valence-corrected chi connectivity index (χ3v) is 3.93.